The molecule has 2 unspecified atom stereocenters. The van der Waals surface area contributed by atoms with Gasteiger partial charge in [-0.1, -0.05) is 57.0 Å². The summed E-state index contributed by atoms with van der Waals surface area (Å²) < 4.78 is 4.23. The van der Waals surface area contributed by atoms with Gasteiger partial charge in [0.25, 0.3) is 0 Å². The van der Waals surface area contributed by atoms with Gasteiger partial charge in [0.15, 0.2) is 9.52 Å². The van der Waals surface area contributed by atoms with E-state index in [4.69, 9.17) is 20.4 Å². The van der Waals surface area contributed by atoms with Crippen LogP contribution >= 0.6 is 31.9 Å². The molecule has 0 heterocycles. The summed E-state index contributed by atoms with van der Waals surface area (Å²) in [6.07, 6.45) is -0.369. The van der Waals surface area contributed by atoms with Crippen molar-refractivity contribution in [3.8, 4) is 17.9 Å². The first-order chi connectivity index (χ1) is 9.33. The molecule has 2 atom stereocenters. The van der Waals surface area contributed by atoms with Crippen LogP contribution in [0.15, 0.2) is 30.3 Å². The minimum absolute atomic E-state index is 0.0116. The minimum Gasteiger partial charge on any atom is -0.465 e. The number of benzene rings is 1. The molecule has 6 heteroatoms. The van der Waals surface area contributed by atoms with Crippen LogP contribution in [0.1, 0.15) is 20.3 Å². The number of rotatable bonds is 4. The number of para-hydroxylation sites is 1. The standard InChI is InChI=1S/C8H10O2.C6H6Br2N2/c1-7(9)10-8-5-3-2-4-6-8;1-5(2-3-9)6(7,8)4-10/h2-7,9H,1H3;5H,2H2,1H3. The van der Waals surface area contributed by atoms with Crippen LogP contribution in [-0.4, -0.2) is 14.6 Å². The lowest BCUT2D eigenvalue weighted by Crippen LogP contribution is -2.18. The molecule has 0 spiro atoms. The highest BCUT2D eigenvalue weighted by Crippen LogP contribution is 2.35. The first kappa shape index (κ1) is 18.9. The van der Waals surface area contributed by atoms with Gasteiger partial charge < -0.3 is 9.84 Å². The van der Waals surface area contributed by atoms with E-state index in [1.807, 2.05) is 37.3 Å². The normalized spacial score (nSPS) is 12.9. The number of ether oxygens (including phenoxy) is 1. The fraction of sp³-hybridized carbons (Fsp3) is 0.429. The van der Waals surface area contributed by atoms with E-state index in [0.29, 0.717) is 12.2 Å². The fourth-order valence-electron chi connectivity index (χ4n) is 1.07. The van der Waals surface area contributed by atoms with Gasteiger partial charge in [-0.15, -0.1) is 0 Å². The van der Waals surface area contributed by atoms with Crippen molar-refractivity contribution < 1.29 is 9.84 Å². The van der Waals surface area contributed by atoms with Crippen molar-refractivity contribution in [2.24, 2.45) is 5.92 Å². The lowest BCUT2D eigenvalue weighted by atomic mass is 10.1. The van der Waals surface area contributed by atoms with Crippen LogP contribution in [0.2, 0.25) is 0 Å². The van der Waals surface area contributed by atoms with Gasteiger partial charge in [-0.25, -0.2) is 0 Å². The average Bonchev–Trinajstić information content (AvgIpc) is 2.40. The van der Waals surface area contributed by atoms with Crippen LogP contribution in [0, 0.1) is 28.6 Å². The van der Waals surface area contributed by atoms with Crippen molar-refractivity contribution in [1.82, 2.24) is 0 Å². The van der Waals surface area contributed by atoms with Gasteiger partial charge in [-0.3, -0.25) is 0 Å². The van der Waals surface area contributed by atoms with E-state index >= 15 is 0 Å². The van der Waals surface area contributed by atoms with Gasteiger partial charge in [0.2, 0.25) is 0 Å². The topological polar surface area (TPSA) is 77.0 Å². The second kappa shape index (κ2) is 9.77. The third kappa shape index (κ3) is 8.16. The molecule has 1 aromatic carbocycles. The molecule has 1 N–H and O–H groups in total. The van der Waals surface area contributed by atoms with Crippen molar-refractivity contribution in [3.63, 3.8) is 0 Å². The summed E-state index contributed by atoms with van der Waals surface area (Å²) in [5.74, 6) is 0.681. The number of nitrogens with zero attached hydrogens (tertiary/aromatic N) is 2. The Balaban J connectivity index is 0.000000361. The summed E-state index contributed by atoms with van der Waals surface area (Å²) in [4.78, 5) is 0. The number of halogens is 2. The lowest BCUT2D eigenvalue weighted by molar-refractivity contribution is -0.000288. The van der Waals surface area contributed by atoms with E-state index in [9.17, 15) is 0 Å². The van der Waals surface area contributed by atoms with Crippen molar-refractivity contribution in [3.05, 3.63) is 30.3 Å². The Morgan fingerprint density at radius 3 is 2.20 bits per heavy atom. The van der Waals surface area contributed by atoms with Crippen LogP contribution in [-0.2, 0) is 0 Å². The molecule has 0 aliphatic carbocycles. The SMILES string of the molecule is CC(CC#N)C(Br)(Br)C#N.CC(O)Oc1ccccc1. The Labute approximate surface area is 136 Å². The molecule has 0 saturated heterocycles. The second-order valence-electron chi connectivity index (χ2n) is 4.03. The van der Waals surface area contributed by atoms with Crippen molar-refractivity contribution in [1.29, 1.82) is 10.5 Å². The highest BCUT2D eigenvalue weighted by atomic mass is 79.9. The zero-order valence-corrected chi connectivity index (χ0v) is 14.4. The fourth-order valence-corrected chi connectivity index (χ4v) is 1.40. The predicted octanol–water partition coefficient (Wildman–Crippen LogP) is 3.95. The van der Waals surface area contributed by atoms with Crippen LogP contribution in [0.4, 0.5) is 0 Å². The molecule has 20 heavy (non-hydrogen) atoms. The van der Waals surface area contributed by atoms with E-state index in [1.54, 1.807) is 19.1 Å². The molecule has 0 aliphatic heterocycles. The van der Waals surface area contributed by atoms with Crippen LogP contribution in [0.5, 0.6) is 5.75 Å². The quantitative estimate of drug-likeness (QED) is 0.609. The van der Waals surface area contributed by atoms with Crippen molar-refractivity contribution in [2.45, 2.75) is 29.8 Å². The Hall–Kier alpha value is -1.08. The number of hydrogen-bond acceptors (Lipinski definition) is 4. The van der Waals surface area contributed by atoms with E-state index in [2.05, 4.69) is 31.9 Å². The number of alkyl halides is 2. The largest absolute Gasteiger partial charge is 0.465 e. The first-order valence-corrected chi connectivity index (χ1v) is 7.48. The summed E-state index contributed by atoms with van der Waals surface area (Å²) in [7, 11) is 0. The maximum absolute atomic E-state index is 8.78. The molecule has 0 fully saturated rings. The smallest absolute Gasteiger partial charge is 0.194 e. The minimum atomic E-state index is -0.740. The van der Waals surface area contributed by atoms with Crippen LogP contribution in [0.25, 0.3) is 0 Å². The maximum Gasteiger partial charge on any atom is 0.194 e. The molecule has 0 amide bonds. The molecule has 1 rings (SSSR count). The number of aliphatic hydroxyl groups is 1. The monoisotopic (exact) mass is 402 g/mol. The zero-order chi connectivity index (χ0) is 15.6. The Morgan fingerprint density at radius 2 is 1.80 bits per heavy atom. The van der Waals surface area contributed by atoms with Gasteiger partial charge in [-0.05, 0) is 19.1 Å². The Morgan fingerprint density at radius 1 is 1.25 bits per heavy atom. The van der Waals surface area contributed by atoms with Gasteiger partial charge in [0.1, 0.15) is 5.75 Å². The van der Waals surface area contributed by atoms with Crippen LogP contribution in [0.3, 0.4) is 0 Å². The number of nitriles is 2. The van der Waals surface area contributed by atoms with Gasteiger partial charge in [-0.2, -0.15) is 10.5 Å². The van der Waals surface area contributed by atoms with E-state index < -0.39 is 9.52 Å². The van der Waals surface area contributed by atoms with Gasteiger partial charge >= 0.3 is 0 Å². The molecule has 4 nitrogen and oxygen atoms in total. The highest BCUT2D eigenvalue weighted by molar-refractivity contribution is 9.25. The third-order valence-corrected chi connectivity index (χ3v) is 4.13. The van der Waals surface area contributed by atoms with Gasteiger partial charge in [0, 0.05) is 12.3 Å². The zero-order valence-electron chi connectivity index (χ0n) is 11.3. The van der Waals surface area contributed by atoms with Crippen molar-refractivity contribution in [2.75, 3.05) is 0 Å². The molecule has 0 aliphatic rings. The lowest BCUT2D eigenvalue weighted by Gasteiger charge is -2.16. The number of hydrogen-bond donors (Lipinski definition) is 1. The predicted molar refractivity (Wildman–Crippen MR) is 84.3 cm³/mol. The second-order valence-corrected chi connectivity index (χ2v) is 7.59. The Bertz CT molecular complexity index is 464. The molecular weight excluding hydrogens is 388 g/mol. The third-order valence-electron chi connectivity index (χ3n) is 2.22. The summed E-state index contributed by atoms with van der Waals surface area (Å²) in [6.45, 7) is 3.41. The molecular formula is C14H16Br2N2O2. The summed E-state index contributed by atoms with van der Waals surface area (Å²) in [5.41, 5.74) is 0. The molecule has 0 aromatic heterocycles. The Kier molecular flexibility index (Phi) is 9.24. The summed E-state index contributed by atoms with van der Waals surface area (Å²) in [6, 6.07) is 13.2. The average molecular weight is 404 g/mol. The van der Waals surface area contributed by atoms with E-state index in [-0.39, 0.29) is 5.92 Å². The van der Waals surface area contributed by atoms with E-state index in [1.165, 1.54) is 0 Å². The molecule has 1 aromatic rings. The first-order valence-electron chi connectivity index (χ1n) is 5.89. The van der Waals surface area contributed by atoms with E-state index in [0.717, 1.165) is 0 Å². The highest BCUT2D eigenvalue weighted by Gasteiger charge is 2.29. The molecule has 0 radical (unpaired) electrons. The van der Waals surface area contributed by atoms with Gasteiger partial charge in [0.05, 0.1) is 12.1 Å². The van der Waals surface area contributed by atoms with Crippen LogP contribution < -0.4 is 4.74 Å². The molecule has 0 bridgehead atoms. The summed E-state index contributed by atoms with van der Waals surface area (Å²) >= 11 is 6.30. The molecule has 0 saturated carbocycles. The number of aliphatic hydroxyl groups excluding tert-OH is 1. The summed E-state index contributed by atoms with van der Waals surface area (Å²) in [5, 5.41) is 25.6. The van der Waals surface area contributed by atoms with Crippen molar-refractivity contribution >= 4 is 31.9 Å². The maximum atomic E-state index is 8.78. The molecule has 108 valence electrons.